The molecule has 0 saturated heterocycles. The standard InChI is InChI=1S/C12H23NS/c1-2-3-4-5-6-7-8-9-10-11-14-12-13/h2-11H2,1H3. The van der Waals surface area contributed by atoms with E-state index in [0.717, 1.165) is 5.75 Å². The summed E-state index contributed by atoms with van der Waals surface area (Å²) in [7, 11) is 0. The van der Waals surface area contributed by atoms with E-state index in [1.165, 1.54) is 69.5 Å². The lowest BCUT2D eigenvalue weighted by molar-refractivity contribution is 0.573. The lowest BCUT2D eigenvalue weighted by atomic mass is 10.1. The summed E-state index contributed by atoms with van der Waals surface area (Å²) in [6, 6.07) is 0. The number of thioether (sulfide) groups is 1. The molecule has 0 aromatic carbocycles. The Bertz CT molecular complexity index is 140. The number of nitrogens with zero attached hydrogens (tertiary/aromatic N) is 1. The second-order valence-corrected chi connectivity index (χ2v) is 4.65. The van der Waals surface area contributed by atoms with Crippen LogP contribution in [-0.4, -0.2) is 5.75 Å². The molecule has 0 bridgehead atoms. The molecule has 14 heavy (non-hydrogen) atoms. The molecule has 0 unspecified atom stereocenters. The third-order valence-corrected chi connectivity index (χ3v) is 3.04. The van der Waals surface area contributed by atoms with Gasteiger partial charge in [-0.15, -0.1) is 0 Å². The highest BCUT2D eigenvalue weighted by Crippen LogP contribution is 2.10. The lowest BCUT2D eigenvalue weighted by Crippen LogP contribution is -1.82. The molecule has 0 rings (SSSR count). The van der Waals surface area contributed by atoms with Crippen LogP contribution in [0.25, 0.3) is 0 Å². The summed E-state index contributed by atoms with van der Waals surface area (Å²) < 4.78 is 0. The van der Waals surface area contributed by atoms with Crippen LogP contribution in [-0.2, 0) is 0 Å². The van der Waals surface area contributed by atoms with E-state index in [2.05, 4.69) is 12.3 Å². The highest BCUT2D eigenvalue weighted by molar-refractivity contribution is 8.03. The van der Waals surface area contributed by atoms with Gasteiger partial charge in [0, 0.05) is 5.75 Å². The number of hydrogen-bond donors (Lipinski definition) is 0. The van der Waals surface area contributed by atoms with Crippen LogP contribution >= 0.6 is 11.8 Å². The predicted octanol–water partition coefficient (Wildman–Crippen LogP) is 4.73. The quantitative estimate of drug-likeness (QED) is 0.387. The first kappa shape index (κ1) is 13.8. The van der Waals surface area contributed by atoms with Gasteiger partial charge >= 0.3 is 0 Å². The molecule has 0 spiro atoms. The lowest BCUT2D eigenvalue weighted by Gasteiger charge is -2.00. The maximum absolute atomic E-state index is 8.30. The van der Waals surface area contributed by atoms with Crippen LogP contribution in [0.5, 0.6) is 0 Å². The monoisotopic (exact) mass is 213 g/mol. The van der Waals surface area contributed by atoms with Gasteiger partial charge < -0.3 is 0 Å². The molecule has 0 aliphatic heterocycles. The minimum Gasteiger partial charge on any atom is -0.185 e. The normalized spacial score (nSPS) is 10.0. The topological polar surface area (TPSA) is 23.8 Å². The van der Waals surface area contributed by atoms with E-state index < -0.39 is 0 Å². The fraction of sp³-hybridized carbons (Fsp3) is 0.917. The Morgan fingerprint density at radius 1 is 0.857 bits per heavy atom. The fourth-order valence-corrected chi connectivity index (χ4v) is 1.97. The zero-order chi connectivity index (χ0) is 10.5. The van der Waals surface area contributed by atoms with Crippen molar-refractivity contribution in [3.63, 3.8) is 0 Å². The summed E-state index contributed by atoms with van der Waals surface area (Å²) in [5.41, 5.74) is 0. The molecule has 0 aliphatic carbocycles. The van der Waals surface area contributed by atoms with Crippen LogP contribution in [0.3, 0.4) is 0 Å². The largest absolute Gasteiger partial charge is 0.185 e. The molecular formula is C12H23NS. The van der Waals surface area contributed by atoms with E-state index in [9.17, 15) is 0 Å². The van der Waals surface area contributed by atoms with E-state index in [1.807, 2.05) is 0 Å². The Balaban J connectivity index is 2.82. The molecule has 0 radical (unpaired) electrons. The Labute approximate surface area is 93.3 Å². The molecule has 0 aliphatic rings. The van der Waals surface area contributed by atoms with Gasteiger partial charge in [-0.3, -0.25) is 0 Å². The Kier molecular flexibility index (Phi) is 12.7. The van der Waals surface area contributed by atoms with Gasteiger partial charge in [0.25, 0.3) is 0 Å². The van der Waals surface area contributed by atoms with Gasteiger partial charge in [0.05, 0.1) is 0 Å². The summed E-state index contributed by atoms with van der Waals surface area (Å²) in [4.78, 5) is 0. The van der Waals surface area contributed by atoms with Crippen LogP contribution < -0.4 is 0 Å². The van der Waals surface area contributed by atoms with Crippen molar-refractivity contribution in [2.75, 3.05) is 5.75 Å². The van der Waals surface area contributed by atoms with Crippen molar-refractivity contribution in [3.05, 3.63) is 0 Å². The molecule has 0 atom stereocenters. The van der Waals surface area contributed by atoms with Gasteiger partial charge in [-0.1, -0.05) is 58.3 Å². The molecule has 0 saturated carbocycles. The first-order chi connectivity index (χ1) is 6.91. The second-order valence-electron chi connectivity index (χ2n) is 3.77. The zero-order valence-corrected chi connectivity index (χ0v) is 10.2. The van der Waals surface area contributed by atoms with Gasteiger partial charge in [-0.25, -0.2) is 0 Å². The fourth-order valence-electron chi connectivity index (χ4n) is 1.53. The molecule has 0 fully saturated rings. The summed E-state index contributed by atoms with van der Waals surface area (Å²) in [5.74, 6) is 1.02. The SMILES string of the molecule is CCCCCCCCCCCSC#N. The molecule has 1 nitrogen and oxygen atoms in total. The summed E-state index contributed by atoms with van der Waals surface area (Å²) >= 11 is 1.39. The summed E-state index contributed by atoms with van der Waals surface area (Å²) in [5, 5.41) is 10.4. The van der Waals surface area contributed by atoms with Crippen LogP contribution in [0.4, 0.5) is 0 Å². The highest BCUT2D eigenvalue weighted by Gasteiger charge is 1.91. The Morgan fingerprint density at radius 2 is 1.36 bits per heavy atom. The van der Waals surface area contributed by atoms with Crippen LogP contribution in [0.2, 0.25) is 0 Å². The molecule has 0 aromatic heterocycles. The van der Waals surface area contributed by atoms with E-state index >= 15 is 0 Å². The molecule has 0 N–H and O–H groups in total. The number of nitriles is 1. The van der Waals surface area contributed by atoms with Crippen molar-refractivity contribution in [1.29, 1.82) is 5.26 Å². The average Bonchev–Trinajstić information content (AvgIpc) is 2.21. The number of thiocyanates is 1. The molecule has 0 heterocycles. The van der Waals surface area contributed by atoms with E-state index in [0.29, 0.717) is 0 Å². The molecule has 2 heteroatoms. The van der Waals surface area contributed by atoms with Gasteiger partial charge in [-0.2, -0.15) is 5.26 Å². The van der Waals surface area contributed by atoms with Crippen molar-refractivity contribution in [1.82, 2.24) is 0 Å². The van der Waals surface area contributed by atoms with Gasteiger partial charge in [-0.05, 0) is 18.2 Å². The van der Waals surface area contributed by atoms with Gasteiger partial charge in [0.1, 0.15) is 5.40 Å². The van der Waals surface area contributed by atoms with Crippen molar-refractivity contribution < 1.29 is 0 Å². The average molecular weight is 213 g/mol. The number of rotatable bonds is 10. The predicted molar refractivity (Wildman–Crippen MR) is 65.3 cm³/mol. The minimum absolute atomic E-state index is 1.02. The third kappa shape index (κ3) is 11.8. The van der Waals surface area contributed by atoms with Crippen LogP contribution in [0.15, 0.2) is 0 Å². The number of hydrogen-bond acceptors (Lipinski definition) is 2. The smallest absolute Gasteiger partial charge is 0.133 e. The number of unbranched alkanes of at least 4 members (excludes halogenated alkanes) is 8. The van der Waals surface area contributed by atoms with Crippen molar-refractivity contribution >= 4 is 11.8 Å². The van der Waals surface area contributed by atoms with Crippen molar-refractivity contribution in [2.24, 2.45) is 0 Å². The van der Waals surface area contributed by atoms with Crippen LogP contribution in [0.1, 0.15) is 64.7 Å². The summed E-state index contributed by atoms with van der Waals surface area (Å²) in [6.07, 6.45) is 12.3. The Morgan fingerprint density at radius 3 is 1.86 bits per heavy atom. The van der Waals surface area contributed by atoms with E-state index in [-0.39, 0.29) is 0 Å². The molecule has 0 aromatic rings. The van der Waals surface area contributed by atoms with Gasteiger partial charge in [0.2, 0.25) is 0 Å². The minimum atomic E-state index is 1.02. The Hall–Kier alpha value is -0.160. The zero-order valence-electron chi connectivity index (χ0n) is 9.43. The first-order valence-electron chi connectivity index (χ1n) is 5.92. The highest BCUT2D eigenvalue weighted by atomic mass is 32.2. The maximum Gasteiger partial charge on any atom is 0.133 e. The van der Waals surface area contributed by atoms with Crippen LogP contribution in [0, 0.1) is 10.7 Å². The first-order valence-corrected chi connectivity index (χ1v) is 6.91. The van der Waals surface area contributed by atoms with Crippen molar-refractivity contribution in [3.8, 4) is 5.40 Å². The van der Waals surface area contributed by atoms with E-state index in [4.69, 9.17) is 5.26 Å². The third-order valence-electron chi connectivity index (χ3n) is 2.41. The molecular weight excluding hydrogens is 190 g/mol. The molecule has 82 valence electrons. The molecule has 0 amide bonds. The summed E-state index contributed by atoms with van der Waals surface area (Å²) in [6.45, 7) is 2.26. The van der Waals surface area contributed by atoms with E-state index in [1.54, 1.807) is 0 Å². The van der Waals surface area contributed by atoms with Crippen molar-refractivity contribution in [2.45, 2.75) is 64.7 Å². The van der Waals surface area contributed by atoms with Gasteiger partial charge in [0.15, 0.2) is 0 Å². The maximum atomic E-state index is 8.30. The second kappa shape index (κ2) is 12.8.